The molecule has 4 aromatic rings. The second-order valence-corrected chi connectivity index (χ2v) is 9.44. The van der Waals surface area contributed by atoms with Gasteiger partial charge in [0.1, 0.15) is 11.9 Å². The Morgan fingerprint density at radius 2 is 1.39 bits per heavy atom. The summed E-state index contributed by atoms with van der Waals surface area (Å²) in [6, 6.07) is 28.0. The Morgan fingerprint density at radius 3 is 2.07 bits per heavy atom. The highest BCUT2D eigenvalue weighted by molar-refractivity contribution is 5.90. The number of carbonyl (C=O) groups excluding carboxylic acids is 2. The van der Waals surface area contributed by atoms with Crippen molar-refractivity contribution in [3.05, 3.63) is 113 Å². The van der Waals surface area contributed by atoms with Crippen molar-refractivity contribution < 1.29 is 18.7 Å². The predicted molar refractivity (Wildman–Crippen MR) is 158 cm³/mol. The second-order valence-electron chi connectivity index (χ2n) is 9.44. The van der Waals surface area contributed by atoms with Gasteiger partial charge in [0.25, 0.3) is 0 Å². The molecule has 0 radical (unpaired) electrons. The van der Waals surface area contributed by atoms with Crippen molar-refractivity contribution in [2.24, 2.45) is 0 Å². The van der Waals surface area contributed by atoms with Gasteiger partial charge >= 0.3 is 6.09 Å². The molecule has 1 atom stereocenters. The summed E-state index contributed by atoms with van der Waals surface area (Å²) in [5.74, 6) is -0.815. The molecule has 0 aromatic heterocycles. The summed E-state index contributed by atoms with van der Waals surface area (Å²) in [6.45, 7) is 1.75. The van der Waals surface area contributed by atoms with Crippen molar-refractivity contribution >= 4 is 51.8 Å². The van der Waals surface area contributed by atoms with Crippen molar-refractivity contribution in [3.8, 4) is 0 Å². The van der Waals surface area contributed by atoms with Crippen LogP contribution < -0.4 is 31.6 Å². The fourth-order valence-corrected chi connectivity index (χ4v) is 4.26. The quantitative estimate of drug-likeness (QED) is 0.205. The number of nitrogens with one attached hydrogen (secondary N) is 4. The van der Waals surface area contributed by atoms with Gasteiger partial charge in [-0.05, 0) is 78.9 Å². The van der Waals surface area contributed by atoms with Crippen LogP contribution in [0, 0.1) is 5.82 Å². The van der Waals surface area contributed by atoms with Crippen molar-refractivity contribution in [1.82, 2.24) is 5.32 Å². The molecule has 1 fully saturated rings. The van der Waals surface area contributed by atoms with Crippen molar-refractivity contribution in [2.75, 3.05) is 33.9 Å². The number of rotatable bonds is 9. The van der Waals surface area contributed by atoms with Gasteiger partial charge in [0, 0.05) is 29.7 Å². The normalized spacial score (nSPS) is 14.2. The number of anilines is 7. The minimum atomic E-state index is -0.611. The molecule has 10 heteroatoms. The van der Waals surface area contributed by atoms with E-state index >= 15 is 0 Å². The first-order valence-corrected chi connectivity index (χ1v) is 13.0. The lowest BCUT2D eigenvalue weighted by Crippen LogP contribution is -2.33. The molecule has 0 saturated carbocycles. The van der Waals surface area contributed by atoms with E-state index in [0.29, 0.717) is 17.1 Å². The number of nitrogens with zero attached hydrogens (tertiary/aromatic N) is 1. The Hall–Kier alpha value is -5.38. The van der Waals surface area contributed by atoms with Crippen LogP contribution in [0.3, 0.4) is 0 Å². The molecule has 0 bridgehead atoms. The molecule has 1 aliphatic heterocycles. The lowest BCUT2D eigenvalue weighted by molar-refractivity contribution is -0.119. The minimum Gasteiger partial charge on any atom is -0.442 e. The molecule has 1 aliphatic rings. The largest absolute Gasteiger partial charge is 0.442 e. The fraction of sp³-hybridized carbons (Fsp3) is 0.129. The minimum absolute atomic E-state index is 0.172. The number of hydrogen-bond donors (Lipinski definition) is 4. The van der Waals surface area contributed by atoms with Crippen LogP contribution in [-0.2, 0) is 9.53 Å². The molecule has 9 nitrogen and oxygen atoms in total. The van der Waals surface area contributed by atoms with Gasteiger partial charge in [0.05, 0.1) is 30.2 Å². The van der Waals surface area contributed by atoms with Gasteiger partial charge in [-0.3, -0.25) is 14.5 Å². The van der Waals surface area contributed by atoms with Crippen LogP contribution in [0.5, 0.6) is 0 Å². The first-order valence-electron chi connectivity index (χ1n) is 13.0. The summed E-state index contributed by atoms with van der Waals surface area (Å²) in [6.07, 6.45) is -1.13. The molecule has 4 N–H and O–H groups in total. The van der Waals surface area contributed by atoms with Crippen LogP contribution in [0.2, 0.25) is 0 Å². The van der Waals surface area contributed by atoms with Crippen molar-refractivity contribution in [3.63, 3.8) is 0 Å². The van der Waals surface area contributed by atoms with Crippen LogP contribution in [0.25, 0.3) is 0 Å². The summed E-state index contributed by atoms with van der Waals surface area (Å²) in [5.41, 5.74) is 3.76. The van der Waals surface area contributed by atoms with E-state index in [1.165, 1.54) is 30.0 Å². The van der Waals surface area contributed by atoms with Crippen LogP contribution in [0.4, 0.5) is 49.0 Å². The van der Waals surface area contributed by atoms with E-state index in [1.807, 2.05) is 54.6 Å². The lowest BCUT2D eigenvalue weighted by atomic mass is 10.2. The van der Waals surface area contributed by atoms with E-state index in [4.69, 9.17) is 4.74 Å². The fourth-order valence-electron chi connectivity index (χ4n) is 4.26. The Morgan fingerprint density at radius 1 is 0.805 bits per heavy atom. The van der Waals surface area contributed by atoms with Gasteiger partial charge in [0.2, 0.25) is 11.3 Å². The smallest absolute Gasteiger partial charge is 0.414 e. The van der Waals surface area contributed by atoms with Gasteiger partial charge in [0.15, 0.2) is 0 Å². The summed E-state index contributed by atoms with van der Waals surface area (Å²) in [4.78, 5) is 37.4. The van der Waals surface area contributed by atoms with Crippen LogP contribution >= 0.6 is 0 Å². The number of para-hydroxylation sites is 1. The zero-order chi connectivity index (χ0) is 28.8. The zero-order valence-electron chi connectivity index (χ0n) is 22.2. The third kappa shape index (κ3) is 6.99. The number of ether oxygens (including phenoxy) is 1. The Balaban J connectivity index is 1.23. The third-order valence-electron chi connectivity index (χ3n) is 6.33. The van der Waals surface area contributed by atoms with Gasteiger partial charge in [-0.2, -0.15) is 0 Å². The van der Waals surface area contributed by atoms with Gasteiger partial charge in [-0.15, -0.1) is 0 Å². The molecule has 0 aliphatic carbocycles. The van der Waals surface area contributed by atoms with Crippen LogP contribution in [-0.4, -0.2) is 31.2 Å². The zero-order valence-corrected chi connectivity index (χ0v) is 22.2. The summed E-state index contributed by atoms with van der Waals surface area (Å²) in [7, 11) is 0. The highest BCUT2D eigenvalue weighted by Crippen LogP contribution is 2.28. The monoisotopic (exact) mass is 553 g/mol. The van der Waals surface area contributed by atoms with Crippen molar-refractivity contribution in [2.45, 2.75) is 13.0 Å². The number of carbonyl (C=O) groups is 2. The third-order valence-corrected chi connectivity index (χ3v) is 6.33. The number of amides is 2. The van der Waals surface area contributed by atoms with E-state index in [0.717, 1.165) is 17.1 Å². The maximum Gasteiger partial charge on any atom is 0.414 e. The molecule has 4 aromatic carbocycles. The van der Waals surface area contributed by atoms with E-state index in [9.17, 15) is 18.8 Å². The first-order chi connectivity index (χ1) is 19.8. The Bertz CT molecular complexity index is 1620. The lowest BCUT2D eigenvalue weighted by Gasteiger charge is -2.15. The standard InChI is InChI=1S/C31H28FN5O4/c1-20(38)33-18-26-19-37(31(40)41-26)25-13-15-28(27(32)17-25)35-24-11-14-29(30(39)16-12-24)36-23-9-7-22(8-10-23)34-21-5-3-2-4-6-21/h2-17,26,34-35H,18-19H2,1H3,(H,33,38)(H,36,39). The van der Waals surface area contributed by atoms with Crippen molar-refractivity contribution in [1.29, 1.82) is 0 Å². The molecule has 5 rings (SSSR count). The molecule has 208 valence electrons. The SMILES string of the molecule is CC(=O)NCC1CN(c2ccc(Nc3ccc(Nc4ccc(Nc5ccccc5)cc4)c(=O)cc3)c(F)c2)C(=O)O1. The highest BCUT2D eigenvalue weighted by Gasteiger charge is 2.32. The maximum absolute atomic E-state index is 15.0. The number of benzene rings is 3. The van der Waals surface area contributed by atoms with Gasteiger partial charge < -0.3 is 26.0 Å². The summed E-state index contributed by atoms with van der Waals surface area (Å²) < 4.78 is 20.2. The van der Waals surface area contributed by atoms with E-state index in [2.05, 4.69) is 21.3 Å². The molecule has 0 spiro atoms. The number of halogens is 1. The molecule has 1 heterocycles. The first kappa shape index (κ1) is 27.2. The Labute approximate surface area is 236 Å². The molecule has 41 heavy (non-hydrogen) atoms. The van der Waals surface area contributed by atoms with E-state index < -0.39 is 18.0 Å². The number of hydrogen-bond acceptors (Lipinski definition) is 7. The predicted octanol–water partition coefficient (Wildman–Crippen LogP) is 5.88. The maximum atomic E-state index is 15.0. The second kappa shape index (κ2) is 12.2. The van der Waals surface area contributed by atoms with Crippen LogP contribution in [0.1, 0.15) is 6.92 Å². The van der Waals surface area contributed by atoms with E-state index in [1.54, 1.807) is 24.3 Å². The Kier molecular flexibility index (Phi) is 8.10. The number of cyclic esters (lactones) is 1. The topological polar surface area (TPSA) is 112 Å². The summed E-state index contributed by atoms with van der Waals surface area (Å²) in [5, 5.41) is 12.0. The average Bonchev–Trinajstić information content (AvgIpc) is 3.26. The molecule has 1 saturated heterocycles. The van der Waals surface area contributed by atoms with E-state index in [-0.39, 0.29) is 30.1 Å². The molecule has 2 amide bonds. The van der Waals surface area contributed by atoms with Crippen LogP contribution in [0.15, 0.2) is 102 Å². The molecule has 1 unspecified atom stereocenters. The molecular formula is C31H28FN5O4. The van der Waals surface area contributed by atoms with Gasteiger partial charge in [-0.1, -0.05) is 18.2 Å². The van der Waals surface area contributed by atoms with Gasteiger partial charge in [-0.25, -0.2) is 9.18 Å². The average molecular weight is 554 g/mol. The molecular weight excluding hydrogens is 525 g/mol. The highest BCUT2D eigenvalue weighted by atomic mass is 19.1. The summed E-state index contributed by atoms with van der Waals surface area (Å²) >= 11 is 0.